The van der Waals surface area contributed by atoms with Gasteiger partial charge in [0.25, 0.3) is 5.91 Å². The molecule has 1 saturated carbocycles. The van der Waals surface area contributed by atoms with Gasteiger partial charge in [-0.1, -0.05) is 31.0 Å². The fourth-order valence-corrected chi connectivity index (χ4v) is 3.06. The van der Waals surface area contributed by atoms with E-state index < -0.39 is 5.60 Å². The first-order valence-corrected chi connectivity index (χ1v) is 8.08. The van der Waals surface area contributed by atoms with E-state index in [1.807, 2.05) is 13.0 Å². The zero-order valence-corrected chi connectivity index (χ0v) is 13.5. The summed E-state index contributed by atoms with van der Waals surface area (Å²) in [5.74, 6) is 0.542. The molecule has 1 amide bonds. The topological polar surface area (TPSA) is 49.3 Å². The van der Waals surface area contributed by atoms with Crippen LogP contribution in [0.2, 0.25) is 5.02 Å². The third kappa shape index (κ3) is 4.21. The summed E-state index contributed by atoms with van der Waals surface area (Å²) in [6, 6.07) is 5.26. The van der Waals surface area contributed by atoms with Gasteiger partial charge in [0.05, 0.1) is 5.60 Å². The zero-order valence-electron chi connectivity index (χ0n) is 12.8. The molecule has 0 aromatic heterocycles. The van der Waals surface area contributed by atoms with Gasteiger partial charge in [-0.25, -0.2) is 0 Å². The van der Waals surface area contributed by atoms with E-state index in [9.17, 15) is 9.90 Å². The van der Waals surface area contributed by atoms with Crippen LogP contribution in [-0.2, 0) is 0 Å². The summed E-state index contributed by atoms with van der Waals surface area (Å²) in [5, 5.41) is 14.0. The maximum Gasteiger partial charge on any atom is 0.251 e. The number of hydrogen-bond donors (Lipinski definition) is 2. The SMILES string of the molecule is CCC1CCC(O)(CNC(=O)c2ccc(C)c(Cl)c2)CC1. The predicted octanol–water partition coefficient (Wildman–Crippen LogP) is 3.71. The number of amides is 1. The number of hydrogen-bond acceptors (Lipinski definition) is 2. The van der Waals surface area contributed by atoms with E-state index in [0.717, 1.165) is 37.2 Å². The standard InChI is InChI=1S/C17H24ClNO2/c1-3-13-6-8-17(21,9-7-13)11-19-16(20)14-5-4-12(2)15(18)10-14/h4-5,10,13,21H,3,6-9,11H2,1-2H3,(H,19,20). The van der Waals surface area contributed by atoms with Crippen molar-refractivity contribution in [2.75, 3.05) is 6.54 Å². The van der Waals surface area contributed by atoms with Crippen LogP contribution in [0.25, 0.3) is 0 Å². The number of carbonyl (C=O) groups excluding carboxylic acids is 1. The van der Waals surface area contributed by atoms with Crippen molar-refractivity contribution in [2.45, 2.75) is 51.6 Å². The molecule has 1 aliphatic carbocycles. The summed E-state index contributed by atoms with van der Waals surface area (Å²) in [6.07, 6.45) is 4.78. The monoisotopic (exact) mass is 309 g/mol. The van der Waals surface area contributed by atoms with Gasteiger partial charge in [-0.15, -0.1) is 0 Å². The molecule has 1 fully saturated rings. The summed E-state index contributed by atoms with van der Waals surface area (Å²) in [6.45, 7) is 4.41. The van der Waals surface area contributed by atoms with Gasteiger partial charge in [0.1, 0.15) is 0 Å². The van der Waals surface area contributed by atoms with E-state index in [0.29, 0.717) is 17.1 Å². The van der Waals surface area contributed by atoms with E-state index in [2.05, 4.69) is 12.2 Å². The van der Waals surface area contributed by atoms with Gasteiger partial charge in [0, 0.05) is 17.1 Å². The lowest BCUT2D eigenvalue weighted by Crippen LogP contribution is -2.45. The number of aliphatic hydroxyl groups is 1. The van der Waals surface area contributed by atoms with Crippen LogP contribution in [0.5, 0.6) is 0 Å². The maximum atomic E-state index is 12.1. The lowest BCUT2D eigenvalue weighted by atomic mass is 9.78. The van der Waals surface area contributed by atoms with Crippen molar-refractivity contribution in [3.05, 3.63) is 34.3 Å². The van der Waals surface area contributed by atoms with Gasteiger partial charge in [0.15, 0.2) is 0 Å². The van der Waals surface area contributed by atoms with E-state index in [1.165, 1.54) is 6.42 Å². The summed E-state index contributed by atoms with van der Waals surface area (Å²) < 4.78 is 0. The Kier molecular flexibility index (Phi) is 5.28. The molecule has 0 saturated heterocycles. The first-order chi connectivity index (χ1) is 9.93. The molecule has 0 spiro atoms. The minimum absolute atomic E-state index is 0.178. The minimum atomic E-state index is -0.754. The molecule has 2 N–H and O–H groups in total. The number of benzene rings is 1. The largest absolute Gasteiger partial charge is 0.388 e. The van der Waals surface area contributed by atoms with E-state index in [-0.39, 0.29) is 5.91 Å². The average molecular weight is 310 g/mol. The van der Waals surface area contributed by atoms with Crippen LogP contribution in [0.1, 0.15) is 54.9 Å². The van der Waals surface area contributed by atoms with E-state index in [1.54, 1.807) is 12.1 Å². The van der Waals surface area contributed by atoms with Crippen molar-refractivity contribution in [2.24, 2.45) is 5.92 Å². The molecule has 4 heteroatoms. The molecule has 2 rings (SSSR count). The highest BCUT2D eigenvalue weighted by Gasteiger charge is 2.32. The van der Waals surface area contributed by atoms with Gasteiger partial charge in [-0.2, -0.15) is 0 Å². The molecular weight excluding hydrogens is 286 g/mol. The summed E-state index contributed by atoms with van der Waals surface area (Å²) >= 11 is 6.04. The molecule has 116 valence electrons. The van der Waals surface area contributed by atoms with Crippen LogP contribution < -0.4 is 5.32 Å². The highest BCUT2D eigenvalue weighted by atomic mass is 35.5. The molecule has 0 radical (unpaired) electrons. The normalized spacial score (nSPS) is 25.6. The second-order valence-corrected chi connectivity index (χ2v) is 6.63. The van der Waals surface area contributed by atoms with Gasteiger partial charge in [-0.3, -0.25) is 4.79 Å². The Morgan fingerprint density at radius 2 is 2.10 bits per heavy atom. The van der Waals surface area contributed by atoms with Crippen molar-refractivity contribution in [3.8, 4) is 0 Å². The second kappa shape index (κ2) is 6.80. The second-order valence-electron chi connectivity index (χ2n) is 6.22. The number of nitrogens with one attached hydrogen (secondary N) is 1. The smallest absolute Gasteiger partial charge is 0.251 e. The fourth-order valence-electron chi connectivity index (χ4n) is 2.88. The molecule has 0 unspecified atom stereocenters. The Morgan fingerprint density at radius 1 is 1.43 bits per heavy atom. The Bertz CT molecular complexity index is 508. The van der Waals surface area contributed by atoms with Crippen LogP contribution in [0.4, 0.5) is 0 Å². The van der Waals surface area contributed by atoms with Gasteiger partial charge in [-0.05, 0) is 56.2 Å². The Morgan fingerprint density at radius 3 is 2.67 bits per heavy atom. The zero-order chi connectivity index (χ0) is 15.5. The molecule has 0 heterocycles. The summed E-state index contributed by atoms with van der Waals surface area (Å²) in [4.78, 5) is 12.1. The quantitative estimate of drug-likeness (QED) is 0.890. The summed E-state index contributed by atoms with van der Waals surface area (Å²) in [5.41, 5.74) is 0.733. The number of aryl methyl sites for hydroxylation is 1. The lowest BCUT2D eigenvalue weighted by Gasteiger charge is -2.35. The Labute approximate surface area is 131 Å². The van der Waals surface area contributed by atoms with Crippen LogP contribution in [0.3, 0.4) is 0 Å². The molecule has 1 aliphatic rings. The molecule has 3 nitrogen and oxygen atoms in total. The van der Waals surface area contributed by atoms with Gasteiger partial charge in [0.2, 0.25) is 0 Å². The van der Waals surface area contributed by atoms with Crippen molar-refractivity contribution < 1.29 is 9.90 Å². The van der Waals surface area contributed by atoms with E-state index >= 15 is 0 Å². The average Bonchev–Trinajstić information content (AvgIpc) is 2.48. The van der Waals surface area contributed by atoms with Gasteiger partial charge >= 0.3 is 0 Å². The molecule has 21 heavy (non-hydrogen) atoms. The third-order valence-electron chi connectivity index (χ3n) is 4.63. The Hall–Kier alpha value is -1.06. The van der Waals surface area contributed by atoms with Crippen LogP contribution in [0, 0.1) is 12.8 Å². The van der Waals surface area contributed by atoms with Crippen LogP contribution >= 0.6 is 11.6 Å². The number of rotatable bonds is 4. The fraction of sp³-hybridized carbons (Fsp3) is 0.588. The number of carbonyl (C=O) groups is 1. The van der Waals surface area contributed by atoms with Crippen LogP contribution in [-0.4, -0.2) is 23.2 Å². The van der Waals surface area contributed by atoms with E-state index in [4.69, 9.17) is 11.6 Å². The summed E-state index contributed by atoms with van der Waals surface area (Å²) in [7, 11) is 0. The van der Waals surface area contributed by atoms with Gasteiger partial charge < -0.3 is 10.4 Å². The predicted molar refractivity (Wildman–Crippen MR) is 85.7 cm³/mol. The van der Waals surface area contributed by atoms with Crippen molar-refractivity contribution in [1.29, 1.82) is 0 Å². The molecule has 0 aliphatic heterocycles. The van der Waals surface area contributed by atoms with Crippen molar-refractivity contribution in [3.63, 3.8) is 0 Å². The molecule has 0 atom stereocenters. The minimum Gasteiger partial charge on any atom is -0.388 e. The van der Waals surface area contributed by atoms with Crippen molar-refractivity contribution >= 4 is 17.5 Å². The Balaban J connectivity index is 1.90. The van der Waals surface area contributed by atoms with Crippen LogP contribution in [0.15, 0.2) is 18.2 Å². The lowest BCUT2D eigenvalue weighted by molar-refractivity contribution is -0.00786. The molecule has 1 aromatic carbocycles. The number of halogens is 1. The highest BCUT2D eigenvalue weighted by molar-refractivity contribution is 6.31. The first kappa shape index (κ1) is 16.3. The first-order valence-electron chi connectivity index (χ1n) is 7.70. The third-order valence-corrected chi connectivity index (χ3v) is 5.03. The molecule has 0 bridgehead atoms. The molecule has 1 aromatic rings. The molecular formula is C17H24ClNO2. The maximum absolute atomic E-state index is 12.1. The van der Waals surface area contributed by atoms with Crippen molar-refractivity contribution in [1.82, 2.24) is 5.32 Å². The highest BCUT2D eigenvalue weighted by Crippen LogP contribution is 2.33.